The van der Waals surface area contributed by atoms with Crippen molar-refractivity contribution in [1.29, 1.82) is 0 Å². The van der Waals surface area contributed by atoms with Gasteiger partial charge in [0, 0.05) is 10.6 Å². The third kappa shape index (κ3) is 4.62. The number of carbonyl (C=O) groups excluding carboxylic acids is 1. The quantitative estimate of drug-likeness (QED) is 0.213. The van der Waals surface area contributed by atoms with E-state index >= 15 is 0 Å². The Labute approximate surface area is 159 Å². The first-order valence-electron chi connectivity index (χ1n) is 7.59. The number of hydrogen-bond donors (Lipinski definition) is 2. The van der Waals surface area contributed by atoms with Gasteiger partial charge < -0.3 is 5.84 Å². The molecule has 1 heterocycles. The third-order valence-electron chi connectivity index (χ3n) is 3.34. The van der Waals surface area contributed by atoms with Gasteiger partial charge in [-0.2, -0.15) is 5.10 Å². The summed E-state index contributed by atoms with van der Waals surface area (Å²) in [7, 11) is 0. The molecular formula is C17H15ClN6OS. The zero-order valence-corrected chi connectivity index (χ0v) is 15.1. The van der Waals surface area contributed by atoms with E-state index in [1.54, 1.807) is 30.5 Å². The standard InChI is InChI=1S/C17H15ClN6OS/c18-14-8-6-12(7-9-14)10-20-21-16-22-23-17(24(16)19)26-11-15(25)13-4-2-1-3-5-13/h1-10H,11,19H2,(H,21,22)/b20-10+. The van der Waals surface area contributed by atoms with E-state index in [9.17, 15) is 4.79 Å². The van der Waals surface area contributed by atoms with Crippen LogP contribution in [0.25, 0.3) is 0 Å². The number of rotatable bonds is 7. The van der Waals surface area contributed by atoms with Crippen LogP contribution in [0.1, 0.15) is 15.9 Å². The van der Waals surface area contributed by atoms with E-state index in [2.05, 4.69) is 20.7 Å². The molecule has 0 atom stereocenters. The first-order chi connectivity index (χ1) is 12.6. The molecule has 26 heavy (non-hydrogen) atoms. The molecule has 0 aliphatic rings. The maximum absolute atomic E-state index is 12.1. The second-order valence-corrected chi connectivity index (χ2v) is 6.55. The lowest BCUT2D eigenvalue weighted by Gasteiger charge is -2.03. The van der Waals surface area contributed by atoms with Gasteiger partial charge in [-0.15, -0.1) is 10.2 Å². The normalized spacial score (nSPS) is 11.0. The molecule has 0 fully saturated rings. The molecule has 0 spiro atoms. The Hall–Kier alpha value is -2.84. The number of thioether (sulfide) groups is 1. The van der Waals surface area contributed by atoms with Crippen LogP contribution in [0, 0.1) is 0 Å². The van der Waals surface area contributed by atoms with Crippen molar-refractivity contribution in [3.05, 3.63) is 70.7 Å². The predicted octanol–water partition coefficient (Wildman–Crippen LogP) is 3.07. The molecule has 2 aromatic carbocycles. The molecule has 0 aliphatic carbocycles. The van der Waals surface area contributed by atoms with Crippen molar-refractivity contribution in [1.82, 2.24) is 14.9 Å². The number of hydrogen-bond acceptors (Lipinski definition) is 7. The Bertz CT molecular complexity index is 911. The van der Waals surface area contributed by atoms with Crippen LogP contribution >= 0.6 is 23.4 Å². The molecule has 3 rings (SSSR count). The van der Waals surface area contributed by atoms with Gasteiger partial charge in [0.15, 0.2) is 5.78 Å². The first-order valence-corrected chi connectivity index (χ1v) is 8.96. The monoisotopic (exact) mass is 386 g/mol. The summed E-state index contributed by atoms with van der Waals surface area (Å²) in [5.74, 6) is 6.41. The van der Waals surface area contributed by atoms with Crippen LogP contribution in [0.4, 0.5) is 5.95 Å². The van der Waals surface area contributed by atoms with Crippen molar-refractivity contribution in [3.8, 4) is 0 Å². The Balaban J connectivity index is 1.57. The van der Waals surface area contributed by atoms with Crippen molar-refractivity contribution in [2.24, 2.45) is 5.10 Å². The Morgan fingerprint density at radius 3 is 2.65 bits per heavy atom. The molecule has 1 aromatic heterocycles. The summed E-state index contributed by atoms with van der Waals surface area (Å²) in [4.78, 5) is 12.1. The van der Waals surface area contributed by atoms with Gasteiger partial charge in [0.05, 0.1) is 12.0 Å². The fourth-order valence-corrected chi connectivity index (χ4v) is 2.88. The number of ketones is 1. The Kier molecular flexibility index (Phi) is 5.88. The first kappa shape index (κ1) is 18.0. The van der Waals surface area contributed by atoms with E-state index in [1.165, 1.54) is 16.4 Å². The molecule has 0 radical (unpaired) electrons. The van der Waals surface area contributed by atoms with E-state index in [-0.39, 0.29) is 17.5 Å². The number of halogens is 1. The van der Waals surface area contributed by atoms with Gasteiger partial charge in [0.1, 0.15) is 0 Å². The third-order valence-corrected chi connectivity index (χ3v) is 4.54. The number of nitrogen functional groups attached to an aromatic ring is 1. The lowest BCUT2D eigenvalue weighted by molar-refractivity contribution is 0.102. The molecule has 0 bridgehead atoms. The van der Waals surface area contributed by atoms with Crippen molar-refractivity contribution >= 4 is 41.3 Å². The topological polar surface area (TPSA) is 98.2 Å². The summed E-state index contributed by atoms with van der Waals surface area (Å²) in [6.07, 6.45) is 1.61. The van der Waals surface area contributed by atoms with Crippen LogP contribution in [0.2, 0.25) is 5.02 Å². The van der Waals surface area contributed by atoms with Crippen LogP contribution in [0.3, 0.4) is 0 Å². The Morgan fingerprint density at radius 1 is 1.19 bits per heavy atom. The number of Topliss-reactive ketones (excluding diaryl/α,β-unsaturated/α-hetero) is 1. The fourth-order valence-electron chi connectivity index (χ4n) is 2.00. The summed E-state index contributed by atoms with van der Waals surface area (Å²) in [5.41, 5.74) is 4.23. The second-order valence-electron chi connectivity index (χ2n) is 5.18. The average molecular weight is 387 g/mol. The van der Waals surface area contributed by atoms with Crippen molar-refractivity contribution in [2.45, 2.75) is 5.16 Å². The van der Waals surface area contributed by atoms with Gasteiger partial charge in [-0.05, 0) is 17.7 Å². The van der Waals surface area contributed by atoms with Gasteiger partial charge >= 0.3 is 0 Å². The number of nitrogens with two attached hydrogens (primary N) is 1. The van der Waals surface area contributed by atoms with Gasteiger partial charge in [-0.25, -0.2) is 10.1 Å². The Morgan fingerprint density at radius 2 is 1.92 bits per heavy atom. The lowest BCUT2D eigenvalue weighted by atomic mass is 10.2. The molecule has 0 saturated carbocycles. The number of aromatic nitrogens is 3. The number of benzene rings is 2. The number of carbonyl (C=O) groups is 1. The highest BCUT2D eigenvalue weighted by Crippen LogP contribution is 2.18. The summed E-state index contributed by atoms with van der Waals surface area (Å²) >= 11 is 7.04. The van der Waals surface area contributed by atoms with E-state index in [1.807, 2.05) is 30.3 Å². The highest BCUT2D eigenvalue weighted by atomic mass is 35.5. The van der Waals surface area contributed by atoms with Crippen LogP contribution in [-0.2, 0) is 0 Å². The maximum Gasteiger partial charge on any atom is 0.264 e. The molecule has 0 unspecified atom stereocenters. The lowest BCUT2D eigenvalue weighted by Crippen LogP contribution is -2.14. The average Bonchev–Trinajstić information content (AvgIpc) is 3.02. The molecule has 0 aliphatic heterocycles. The number of anilines is 1. The van der Waals surface area contributed by atoms with Crippen molar-refractivity contribution in [2.75, 3.05) is 17.0 Å². The minimum absolute atomic E-state index is 0.00568. The number of hydrazone groups is 1. The highest BCUT2D eigenvalue weighted by molar-refractivity contribution is 7.99. The van der Waals surface area contributed by atoms with Crippen LogP contribution in [0.5, 0.6) is 0 Å². The minimum Gasteiger partial charge on any atom is -0.334 e. The van der Waals surface area contributed by atoms with Crippen molar-refractivity contribution < 1.29 is 4.79 Å². The zero-order chi connectivity index (χ0) is 18.4. The predicted molar refractivity (Wildman–Crippen MR) is 104 cm³/mol. The molecule has 3 N–H and O–H groups in total. The molecule has 0 saturated heterocycles. The summed E-state index contributed by atoms with van der Waals surface area (Å²) in [5, 5.41) is 13.0. The van der Waals surface area contributed by atoms with Crippen LogP contribution in [-0.4, -0.2) is 32.6 Å². The van der Waals surface area contributed by atoms with Crippen molar-refractivity contribution in [3.63, 3.8) is 0 Å². The largest absolute Gasteiger partial charge is 0.334 e. The fraction of sp³-hybridized carbons (Fsp3) is 0.0588. The molecular weight excluding hydrogens is 372 g/mol. The molecule has 7 nitrogen and oxygen atoms in total. The summed E-state index contributed by atoms with van der Waals surface area (Å²) < 4.78 is 1.25. The summed E-state index contributed by atoms with van der Waals surface area (Å²) in [6.45, 7) is 0. The zero-order valence-electron chi connectivity index (χ0n) is 13.5. The maximum atomic E-state index is 12.1. The van der Waals surface area contributed by atoms with E-state index in [0.29, 0.717) is 15.7 Å². The molecule has 3 aromatic rings. The molecule has 9 heteroatoms. The number of nitrogens with one attached hydrogen (secondary N) is 1. The SMILES string of the molecule is Nn1c(N/N=C/c2ccc(Cl)cc2)nnc1SCC(=O)c1ccccc1. The van der Waals surface area contributed by atoms with Gasteiger partial charge in [0.25, 0.3) is 5.95 Å². The smallest absolute Gasteiger partial charge is 0.264 e. The van der Waals surface area contributed by atoms with E-state index in [4.69, 9.17) is 17.4 Å². The van der Waals surface area contributed by atoms with Crippen LogP contribution in [0.15, 0.2) is 64.9 Å². The molecule has 0 amide bonds. The van der Waals surface area contributed by atoms with Crippen LogP contribution < -0.4 is 11.3 Å². The number of nitrogens with zero attached hydrogens (tertiary/aromatic N) is 4. The minimum atomic E-state index is -0.00568. The summed E-state index contributed by atoms with van der Waals surface area (Å²) in [6, 6.07) is 16.3. The van der Waals surface area contributed by atoms with E-state index < -0.39 is 0 Å². The van der Waals surface area contributed by atoms with E-state index in [0.717, 1.165) is 5.56 Å². The highest BCUT2D eigenvalue weighted by Gasteiger charge is 2.12. The van der Waals surface area contributed by atoms with Gasteiger partial charge in [-0.3, -0.25) is 4.79 Å². The van der Waals surface area contributed by atoms with Gasteiger partial charge in [-0.1, -0.05) is 65.8 Å². The molecule has 132 valence electrons. The van der Waals surface area contributed by atoms with Gasteiger partial charge in [0.2, 0.25) is 5.16 Å². The second kappa shape index (κ2) is 8.50.